The zero-order chi connectivity index (χ0) is 31.1. The highest BCUT2D eigenvalue weighted by Gasteiger charge is 2.54. The molecule has 15 heteroatoms. The normalized spacial score (nSPS) is 21.8. The van der Waals surface area contributed by atoms with Gasteiger partial charge in [-0.15, -0.1) is 0 Å². The number of aliphatic hydroxyl groups excluding tert-OH is 1. The van der Waals surface area contributed by atoms with E-state index in [1.165, 1.54) is 25.1 Å². The van der Waals surface area contributed by atoms with Crippen molar-refractivity contribution in [3.63, 3.8) is 0 Å². The number of hydrogen-bond acceptors (Lipinski definition) is 7. The highest BCUT2D eigenvalue weighted by molar-refractivity contribution is 7.87. The molecule has 2 saturated heterocycles. The number of hydrogen-bond donors (Lipinski definition) is 2. The Hall–Kier alpha value is -3.82. The summed E-state index contributed by atoms with van der Waals surface area (Å²) in [5, 5.41) is 17.1. The molecule has 43 heavy (non-hydrogen) atoms. The zero-order valence-electron chi connectivity index (χ0n) is 23.0. The molecule has 10 nitrogen and oxygen atoms in total. The van der Waals surface area contributed by atoms with Gasteiger partial charge in [-0.1, -0.05) is 42.5 Å². The Morgan fingerprint density at radius 2 is 1.77 bits per heavy atom. The van der Waals surface area contributed by atoms with Gasteiger partial charge in [-0.3, -0.25) is 9.59 Å². The molecule has 230 valence electrons. The minimum absolute atomic E-state index is 0.00185. The molecule has 2 aliphatic heterocycles. The second-order valence-electron chi connectivity index (χ2n) is 10.6. The molecule has 3 heterocycles. The molecular weight excluding hydrogens is 594 g/mol. The van der Waals surface area contributed by atoms with E-state index in [0.717, 1.165) is 20.6 Å². The lowest BCUT2D eigenvalue weighted by Crippen LogP contribution is -2.54. The number of β-amino-alcohol motifs (C(OH)–C–C–N with tert-alkyl or cyclic N) is 1. The highest BCUT2D eigenvalue weighted by Crippen LogP contribution is 2.45. The average molecular weight is 624 g/mol. The smallest absolute Gasteiger partial charge is 0.392 e. The number of piperidine rings is 1. The Balaban J connectivity index is 1.59. The van der Waals surface area contributed by atoms with E-state index in [9.17, 15) is 40.7 Å². The van der Waals surface area contributed by atoms with Gasteiger partial charge in [0.1, 0.15) is 11.6 Å². The number of nitrogens with zero attached hydrogens (tertiary/aromatic N) is 4. The Morgan fingerprint density at radius 3 is 2.40 bits per heavy atom. The highest BCUT2D eigenvalue weighted by atomic mass is 32.2. The summed E-state index contributed by atoms with van der Waals surface area (Å²) in [6, 6.07) is 14.0. The number of benzene rings is 2. The third kappa shape index (κ3) is 6.01. The van der Waals surface area contributed by atoms with Crippen LogP contribution in [0.25, 0.3) is 0 Å². The van der Waals surface area contributed by atoms with Gasteiger partial charge in [-0.05, 0) is 31.0 Å². The predicted molar refractivity (Wildman–Crippen MR) is 147 cm³/mol. The second-order valence-corrected chi connectivity index (χ2v) is 12.4. The van der Waals surface area contributed by atoms with Crippen LogP contribution in [0.1, 0.15) is 45.9 Å². The summed E-state index contributed by atoms with van der Waals surface area (Å²) in [6.45, 7) is 0.292. The van der Waals surface area contributed by atoms with Crippen LogP contribution < -0.4 is 5.32 Å². The number of halogens is 4. The van der Waals surface area contributed by atoms with Gasteiger partial charge in [0.05, 0.1) is 23.3 Å². The van der Waals surface area contributed by atoms with Crippen molar-refractivity contribution in [3.8, 4) is 0 Å². The van der Waals surface area contributed by atoms with Crippen molar-refractivity contribution >= 4 is 27.8 Å². The van der Waals surface area contributed by atoms with E-state index in [2.05, 4.69) is 10.4 Å². The fourth-order valence-corrected chi connectivity index (χ4v) is 7.15. The van der Waals surface area contributed by atoms with Crippen molar-refractivity contribution < 1.29 is 40.7 Å². The van der Waals surface area contributed by atoms with Crippen molar-refractivity contribution in [2.24, 2.45) is 5.92 Å². The molecular formula is C28H29F4N5O5S. The van der Waals surface area contributed by atoms with Crippen LogP contribution in [0.3, 0.4) is 0 Å². The van der Waals surface area contributed by atoms with Crippen LogP contribution in [0.5, 0.6) is 0 Å². The van der Waals surface area contributed by atoms with Crippen molar-refractivity contribution in [1.29, 1.82) is 0 Å². The molecule has 2 aromatic carbocycles. The molecule has 0 spiro atoms. The Kier molecular flexibility index (Phi) is 8.33. The van der Waals surface area contributed by atoms with E-state index in [0.29, 0.717) is 4.31 Å². The van der Waals surface area contributed by atoms with Crippen molar-refractivity contribution in [2.75, 3.05) is 25.0 Å². The third-order valence-corrected chi connectivity index (χ3v) is 9.68. The van der Waals surface area contributed by atoms with Crippen molar-refractivity contribution in [1.82, 2.24) is 18.4 Å². The van der Waals surface area contributed by atoms with Gasteiger partial charge in [0.25, 0.3) is 5.91 Å². The van der Waals surface area contributed by atoms with Gasteiger partial charge in [-0.2, -0.15) is 35.7 Å². The van der Waals surface area contributed by atoms with Crippen LogP contribution >= 0.6 is 0 Å². The Morgan fingerprint density at radius 1 is 1.09 bits per heavy atom. The molecule has 0 aliphatic carbocycles. The van der Waals surface area contributed by atoms with Crippen LogP contribution in [0.15, 0.2) is 54.6 Å². The first-order valence-electron chi connectivity index (χ1n) is 13.5. The Labute approximate surface area is 245 Å². The largest absolute Gasteiger partial charge is 0.393 e. The van der Waals surface area contributed by atoms with Gasteiger partial charge in [0.2, 0.25) is 5.91 Å². The molecule has 0 bridgehead atoms. The summed E-state index contributed by atoms with van der Waals surface area (Å²) >= 11 is 0. The van der Waals surface area contributed by atoms with E-state index < -0.39 is 64.9 Å². The summed E-state index contributed by atoms with van der Waals surface area (Å²) in [5.74, 6) is -7.02. The van der Waals surface area contributed by atoms with Crippen molar-refractivity contribution in [3.05, 3.63) is 82.8 Å². The van der Waals surface area contributed by atoms with Gasteiger partial charge < -0.3 is 10.4 Å². The summed E-state index contributed by atoms with van der Waals surface area (Å²) in [4.78, 5) is 26.4. The number of nitrogens with one attached hydrogen (secondary N) is 1. The molecule has 1 aromatic heterocycles. The molecule has 2 N–H and O–H groups in total. The average Bonchev–Trinajstić information content (AvgIpc) is 3.55. The summed E-state index contributed by atoms with van der Waals surface area (Å²) < 4.78 is 86.5. The number of aromatic nitrogens is 2. The standard InChI is InChI=1S/C28H29F4N5O5S/c1-17-25(21-16-36(24(39)13-22(21)28(30,31)32)43(41,42)35-12-11-19(38)15-35)34-37(27(40)20-9-5-6-10-23(20)29)26(17)33-14-18-7-3-2-4-8-18/h2-10,19,21-22,33,38H,11-16H2,1H3. The zero-order valence-corrected chi connectivity index (χ0v) is 23.8. The second kappa shape index (κ2) is 11.7. The van der Waals surface area contributed by atoms with Gasteiger partial charge in [0, 0.05) is 44.1 Å². The number of aliphatic hydroxyl groups is 1. The number of rotatable bonds is 7. The maximum absolute atomic E-state index is 14.6. The van der Waals surface area contributed by atoms with Gasteiger partial charge >= 0.3 is 16.4 Å². The molecule has 0 radical (unpaired) electrons. The van der Waals surface area contributed by atoms with Gasteiger partial charge in [0.15, 0.2) is 0 Å². The first-order chi connectivity index (χ1) is 20.3. The number of anilines is 1. The number of carbonyl (C=O) groups excluding carboxylic acids is 2. The quantitative estimate of drug-likeness (QED) is 0.387. The molecule has 5 rings (SSSR count). The molecule has 2 aliphatic rings. The van der Waals surface area contributed by atoms with E-state index in [-0.39, 0.29) is 48.7 Å². The first kappa shape index (κ1) is 30.6. The number of amides is 1. The van der Waals surface area contributed by atoms with E-state index in [1.54, 1.807) is 30.3 Å². The minimum Gasteiger partial charge on any atom is -0.392 e. The summed E-state index contributed by atoms with van der Waals surface area (Å²) in [5.41, 5.74) is 0.262. The summed E-state index contributed by atoms with van der Waals surface area (Å²) in [6.07, 6.45) is -6.92. The number of alkyl halides is 3. The van der Waals surface area contributed by atoms with Crippen LogP contribution in [0, 0.1) is 18.7 Å². The van der Waals surface area contributed by atoms with E-state index in [1.807, 2.05) is 0 Å². The minimum atomic E-state index is -4.91. The topological polar surface area (TPSA) is 125 Å². The first-order valence-corrected chi connectivity index (χ1v) is 14.9. The Bertz CT molecular complexity index is 1630. The van der Waals surface area contributed by atoms with Crippen LogP contribution in [0.4, 0.5) is 23.4 Å². The lowest BCUT2D eigenvalue weighted by Gasteiger charge is -2.39. The van der Waals surface area contributed by atoms with Crippen molar-refractivity contribution in [2.45, 2.75) is 44.5 Å². The number of carbonyl (C=O) groups is 2. The van der Waals surface area contributed by atoms with Gasteiger partial charge in [-0.25, -0.2) is 8.70 Å². The monoisotopic (exact) mass is 623 g/mol. The van der Waals surface area contributed by atoms with E-state index >= 15 is 0 Å². The fourth-order valence-electron chi connectivity index (χ4n) is 5.49. The third-order valence-electron chi connectivity index (χ3n) is 7.78. The predicted octanol–water partition coefficient (Wildman–Crippen LogP) is 3.44. The molecule has 3 unspecified atom stereocenters. The SMILES string of the molecule is Cc1c(C2CN(S(=O)(=O)N3CCC(O)C3)C(=O)CC2C(F)(F)F)nn(C(=O)c2ccccc2F)c1NCc1ccccc1. The fraction of sp³-hybridized carbons (Fsp3) is 0.393. The van der Waals surface area contributed by atoms with E-state index in [4.69, 9.17) is 0 Å². The maximum Gasteiger partial charge on any atom is 0.393 e. The maximum atomic E-state index is 14.6. The molecule has 2 fully saturated rings. The summed E-state index contributed by atoms with van der Waals surface area (Å²) in [7, 11) is -4.56. The molecule has 1 amide bonds. The molecule has 0 saturated carbocycles. The van der Waals surface area contributed by atoms with Crippen LogP contribution in [0.2, 0.25) is 0 Å². The lowest BCUT2D eigenvalue weighted by molar-refractivity contribution is -0.192. The lowest BCUT2D eigenvalue weighted by atomic mass is 9.82. The van der Waals surface area contributed by atoms with Crippen LogP contribution in [-0.2, 0) is 21.5 Å². The molecule has 3 atom stereocenters. The molecule has 3 aromatic rings. The van der Waals surface area contributed by atoms with Crippen LogP contribution in [-0.4, -0.2) is 75.6 Å².